The number of ether oxygens (including phenoxy) is 2. The van der Waals surface area contributed by atoms with Crippen LogP contribution in [0.1, 0.15) is 27.7 Å². The van der Waals surface area contributed by atoms with Crippen molar-refractivity contribution >= 4 is 21.7 Å². The Balaban J connectivity index is 1.74. The fraction of sp³-hybridized carbons (Fsp3) is 0.238. The minimum atomic E-state index is -3.85. The fourth-order valence-electron chi connectivity index (χ4n) is 2.75. The maximum atomic E-state index is 13.0. The zero-order valence-electron chi connectivity index (χ0n) is 17.1. The van der Waals surface area contributed by atoms with Crippen molar-refractivity contribution in [1.29, 1.82) is 0 Å². The van der Waals surface area contributed by atoms with Gasteiger partial charge in [0.15, 0.2) is 6.61 Å². The van der Waals surface area contributed by atoms with Gasteiger partial charge in [-0.15, -0.1) is 0 Å². The molecule has 0 radical (unpaired) electrons. The van der Waals surface area contributed by atoms with Crippen LogP contribution in [0.5, 0.6) is 5.75 Å². The number of carbonyl (C=O) groups is 1. The van der Waals surface area contributed by atoms with Crippen LogP contribution in [0.15, 0.2) is 57.8 Å². The van der Waals surface area contributed by atoms with Crippen LogP contribution in [-0.4, -0.2) is 33.5 Å². The molecule has 30 heavy (non-hydrogen) atoms. The van der Waals surface area contributed by atoms with Crippen LogP contribution < -0.4 is 9.04 Å². The number of carbonyl (C=O) groups excluding carboxylic acids is 1. The van der Waals surface area contributed by atoms with Gasteiger partial charge in [-0.2, -0.15) is 0 Å². The number of anilines is 1. The molecule has 0 bridgehead atoms. The summed E-state index contributed by atoms with van der Waals surface area (Å²) in [6, 6.07) is 12.3. The summed E-state index contributed by atoms with van der Waals surface area (Å²) in [6.45, 7) is 3.46. The Labute approximate surface area is 175 Å². The third-order valence-corrected chi connectivity index (χ3v) is 6.36. The first-order chi connectivity index (χ1) is 14.2. The molecule has 0 spiro atoms. The van der Waals surface area contributed by atoms with Crippen LogP contribution in [0.25, 0.3) is 0 Å². The molecule has 1 aromatic heterocycles. The number of oxazole rings is 1. The highest BCUT2D eigenvalue weighted by atomic mass is 32.2. The quantitative estimate of drug-likeness (QED) is 0.529. The maximum absolute atomic E-state index is 13.0. The van der Waals surface area contributed by atoms with Crippen molar-refractivity contribution < 1.29 is 27.1 Å². The van der Waals surface area contributed by atoms with Gasteiger partial charge in [0.25, 0.3) is 10.0 Å². The van der Waals surface area contributed by atoms with Crippen molar-refractivity contribution in [2.45, 2.75) is 25.3 Å². The number of benzene rings is 2. The maximum Gasteiger partial charge on any atom is 0.338 e. The molecule has 1 heterocycles. The van der Waals surface area contributed by atoms with Crippen molar-refractivity contribution in [3.63, 3.8) is 0 Å². The average Bonchev–Trinajstić information content (AvgIpc) is 3.08. The van der Waals surface area contributed by atoms with E-state index in [1.165, 1.54) is 38.4 Å². The van der Waals surface area contributed by atoms with E-state index in [1.807, 2.05) is 0 Å². The first kappa shape index (κ1) is 21.4. The number of aryl methyl sites for hydroxylation is 2. The molecule has 0 N–H and O–H groups in total. The second kappa shape index (κ2) is 8.58. The van der Waals surface area contributed by atoms with E-state index in [2.05, 4.69) is 4.98 Å². The molecule has 0 aliphatic rings. The Bertz CT molecular complexity index is 1130. The van der Waals surface area contributed by atoms with E-state index >= 15 is 0 Å². The number of hydrogen-bond acceptors (Lipinski definition) is 7. The van der Waals surface area contributed by atoms with Gasteiger partial charge in [0.05, 0.1) is 29.0 Å². The van der Waals surface area contributed by atoms with Crippen LogP contribution in [0.2, 0.25) is 0 Å². The Morgan fingerprint density at radius 2 is 1.77 bits per heavy atom. The molecule has 0 amide bonds. The molecule has 8 nitrogen and oxygen atoms in total. The minimum absolute atomic E-state index is 0.0337. The molecule has 3 rings (SSSR count). The molecule has 0 atom stereocenters. The van der Waals surface area contributed by atoms with Gasteiger partial charge in [-0.1, -0.05) is 12.1 Å². The number of esters is 1. The number of nitrogens with zero attached hydrogens (tertiary/aromatic N) is 2. The zero-order valence-corrected chi connectivity index (χ0v) is 17.9. The normalized spacial score (nSPS) is 11.2. The van der Waals surface area contributed by atoms with E-state index in [0.717, 1.165) is 10.00 Å². The highest BCUT2D eigenvalue weighted by molar-refractivity contribution is 7.92. The summed E-state index contributed by atoms with van der Waals surface area (Å²) in [5, 5.41) is 0. The van der Waals surface area contributed by atoms with E-state index < -0.39 is 16.0 Å². The molecule has 0 aliphatic carbocycles. The van der Waals surface area contributed by atoms with Crippen molar-refractivity contribution in [2.75, 3.05) is 18.5 Å². The predicted octanol–water partition coefficient (Wildman–Crippen LogP) is 3.48. The van der Waals surface area contributed by atoms with E-state index in [9.17, 15) is 13.2 Å². The van der Waals surface area contributed by atoms with Gasteiger partial charge >= 0.3 is 5.97 Å². The van der Waals surface area contributed by atoms with Gasteiger partial charge in [0, 0.05) is 7.05 Å². The molecule has 0 fully saturated rings. The SMILES string of the molecule is COc1ccccc1N(C)S(=O)(=O)c1ccc(C(=O)OCc2nc(C)c(C)o2)cc1. The molecule has 0 unspecified atom stereocenters. The molecular weight excluding hydrogens is 408 g/mol. The van der Waals surface area contributed by atoms with Gasteiger partial charge in [-0.3, -0.25) is 4.31 Å². The predicted molar refractivity (Wildman–Crippen MR) is 110 cm³/mol. The highest BCUT2D eigenvalue weighted by Gasteiger charge is 2.24. The monoisotopic (exact) mass is 430 g/mol. The molecular formula is C21H22N2O6S. The van der Waals surface area contributed by atoms with Crippen molar-refractivity contribution in [2.24, 2.45) is 0 Å². The lowest BCUT2D eigenvalue weighted by Crippen LogP contribution is -2.27. The lowest BCUT2D eigenvalue weighted by Gasteiger charge is -2.21. The first-order valence-electron chi connectivity index (χ1n) is 9.06. The van der Waals surface area contributed by atoms with Gasteiger partial charge in [-0.05, 0) is 50.2 Å². The Morgan fingerprint density at radius 1 is 1.10 bits per heavy atom. The number of methoxy groups -OCH3 is 1. The van der Waals surface area contributed by atoms with Crippen LogP contribution in [-0.2, 0) is 21.4 Å². The second-order valence-corrected chi connectivity index (χ2v) is 8.46. The lowest BCUT2D eigenvalue weighted by atomic mass is 10.2. The van der Waals surface area contributed by atoms with Crippen molar-refractivity contribution in [3.8, 4) is 5.75 Å². The molecule has 158 valence electrons. The molecule has 0 saturated carbocycles. The summed E-state index contributed by atoms with van der Waals surface area (Å²) in [6.07, 6.45) is 0. The van der Waals surface area contributed by atoms with Gasteiger partial charge in [-0.25, -0.2) is 18.2 Å². The summed E-state index contributed by atoms with van der Waals surface area (Å²) in [5.41, 5.74) is 1.35. The summed E-state index contributed by atoms with van der Waals surface area (Å²) < 4.78 is 42.8. The first-order valence-corrected chi connectivity index (χ1v) is 10.5. The van der Waals surface area contributed by atoms with Gasteiger partial charge in [0.2, 0.25) is 5.89 Å². The summed E-state index contributed by atoms with van der Waals surface area (Å²) in [4.78, 5) is 16.4. The standard InChI is InChI=1S/C21H22N2O6S/c1-14-15(2)29-20(22-14)13-28-21(24)16-9-11-17(12-10-16)30(25,26)23(3)18-7-5-6-8-19(18)27-4/h5-12H,13H2,1-4H3. The molecule has 2 aromatic carbocycles. The highest BCUT2D eigenvalue weighted by Crippen LogP contribution is 2.30. The average molecular weight is 430 g/mol. The summed E-state index contributed by atoms with van der Waals surface area (Å²) >= 11 is 0. The molecule has 3 aromatic rings. The minimum Gasteiger partial charge on any atom is -0.495 e. The zero-order chi connectivity index (χ0) is 21.9. The summed E-state index contributed by atoms with van der Waals surface area (Å²) in [5.74, 6) is 0.789. The largest absolute Gasteiger partial charge is 0.495 e. The number of aromatic nitrogens is 1. The van der Waals surface area contributed by atoms with E-state index in [4.69, 9.17) is 13.9 Å². The fourth-order valence-corrected chi connectivity index (χ4v) is 3.96. The van der Waals surface area contributed by atoms with Crippen LogP contribution in [0.3, 0.4) is 0 Å². The van der Waals surface area contributed by atoms with Gasteiger partial charge < -0.3 is 13.9 Å². The number of rotatable bonds is 7. The van der Waals surface area contributed by atoms with E-state index in [0.29, 0.717) is 23.1 Å². The van der Waals surface area contributed by atoms with Gasteiger partial charge in [0.1, 0.15) is 11.5 Å². The van der Waals surface area contributed by atoms with Crippen LogP contribution in [0, 0.1) is 13.8 Å². The Hall–Kier alpha value is -3.33. The van der Waals surface area contributed by atoms with Crippen molar-refractivity contribution in [1.82, 2.24) is 4.98 Å². The third-order valence-electron chi connectivity index (χ3n) is 4.57. The van der Waals surface area contributed by atoms with E-state index in [-0.39, 0.29) is 17.1 Å². The lowest BCUT2D eigenvalue weighted by molar-refractivity contribution is 0.0437. The number of para-hydroxylation sites is 2. The Morgan fingerprint density at radius 3 is 2.37 bits per heavy atom. The topological polar surface area (TPSA) is 98.9 Å². The number of hydrogen-bond donors (Lipinski definition) is 0. The number of sulfonamides is 1. The Kier molecular flexibility index (Phi) is 6.12. The van der Waals surface area contributed by atoms with Crippen molar-refractivity contribution in [3.05, 3.63) is 71.4 Å². The van der Waals surface area contributed by atoms with Crippen LogP contribution >= 0.6 is 0 Å². The van der Waals surface area contributed by atoms with Crippen LogP contribution in [0.4, 0.5) is 5.69 Å². The third kappa shape index (κ3) is 4.30. The molecule has 0 saturated heterocycles. The summed E-state index contributed by atoms with van der Waals surface area (Å²) in [7, 11) is -0.935. The smallest absolute Gasteiger partial charge is 0.338 e. The second-order valence-electron chi connectivity index (χ2n) is 6.49. The molecule has 9 heteroatoms. The molecule has 0 aliphatic heterocycles. The van der Waals surface area contributed by atoms with E-state index in [1.54, 1.807) is 38.1 Å².